The van der Waals surface area contributed by atoms with E-state index in [1.54, 1.807) is 38.2 Å². The van der Waals surface area contributed by atoms with E-state index in [0.29, 0.717) is 23.7 Å². The number of hydrogen-bond acceptors (Lipinski definition) is 5. The van der Waals surface area contributed by atoms with Gasteiger partial charge >= 0.3 is 0 Å². The smallest absolute Gasteiger partial charge is 0.272 e. The molecular weight excluding hydrogens is 332 g/mol. The van der Waals surface area contributed by atoms with Gasteiger partial charge in [-0.2, -0.15) is 5.10 Å². The summed E-state index contributed by atoms with van der Waals surface area (Å²) in [6, 6.07) is 7.15. The van der Waals surface area contributed by atoms with Gasteiger partial charge in [0.2, 0.25) is 0 Å². The van der Waals surface area contributed by atoms with E-state index < -0.39 is 0 Å². The van der Waals surface area contributed by atoms with Crippen LogP contribution in [0.3, 0.4) is 0 Å². The zero-order chi connectivity index (χ0) is 18.7. The molecule has 3 rings (SSSR count). The minimum Gasteiger partial charge on any atom is -0.497 e. The van der Waals surface area contributed by atoms with Crippen molar-refractivity contribution in [1.82, 2.24) is 15.1 Å². The highest BCUT2D eigenvalue weighted by Crippen LogP contribution is 2.33. The first-order valence-electron chi connectivity index (χ1n) is 8.27. The number of aliphatic imine (C=N–C) groups is 1. The number of amides is 1. The molecule has 1 aliphatic rings. The van der Waals surface area contributed by atoms with Crippen molar-refractivity contribution >= 4 is 12.1 Å². The van der Waals surface area contributed by atoms with Crippen LogP contribution in [0, 0.1) is 0 Å². The van der Waals surface area contributed by atoms with Crippen molar-refractivity contribution in [2.75, 3.05) is 20.8 Å². The predicted octanol–water partition coefficient (Wildman–Crippen LogP) is 2.23. The lowest BCUT2D eigenvalue weighted by molar-refractivity contribution is 0.0938. The highest BCUT2D eigenvalue weighted by atomic mass is 16.5. The average Bonchev–Trinajstić information content (AvgIpc) is 3.04. The van der Waals surface area contributed by atoms with Gasteiger partial charge in [-0.25, -0.2) is 0 Å². The molecule has 0 saturated heterocycles. The molecule has 26 heavy (non-hydrogen) atoms. The molecule has 1 atom stereocenters. The minimum absolute atomic E-state index is 0.107. The normalized spacial score (nSPS) is 16.2. The number of benzene rings is 1. The monoisotopic (exact) mass is 354 g/mol. The zero-order valence-corrected chi connectivity index (χ0v) is 15.3. The summed E-state index contributed by atoms with van der Waals surface area (Å²) < 4.78 is 12.4. The van der Waals surface area contributed by atoms with Crippen LogP contribution in [-0.2, 0) is 7.05 Å². The van der Waals surface area contributed by atoms with Crippen LogP contribution in [0.1, 0.15) is 17.4 Å². The highest BCUT2D eigenvalue weighted by molar-refractivity contribution is 5.94. The van der Waals surface area contributed by atoms with Crippen LogP contribution in [0.15, 0.2) is 40.9 Å². The Labute approximate surface area is 152 Å². The van der Waals surface area contributed by atoms with Crippen molar-refractivity contribution < 1.29 is 14.3 Å². The Kier molecular flexibility index (Phi) is 5.06. The van der Waals surface area contributed by atoms with Gasteiger partial charge in [0, 0.05) is 18.8 Å². The largest absolute Gasteiger partial charge is 0.497 e. The SMILES string of the molecule is COc1ccc(OC)c(-c2cc(C(=O)NC3CN=CC=C3C)nn2C)c1. The summed E-state index contributed by atoms with van der Waals surface area (Å²) in [6.07, 6.45) is 3.66. The number of nitrogens with one attached hydrogen (secondary N) is 1. The standard InChI is InChI=1S/C19H22N4O3/c1-12-7-8-20-11-16(12)21-19(24)15-10-17(23(2)22-15)14-9-13(25-3)5-6-18(14)26-4/h5-10,16H,11H2,1-4H3,(H,21,24). The Balaban J connectivity index is 1.89. The lowest BCUT2D eigenvalue weighted by Crippen LogP contribution is -2.39. The van der Waals surface area contributed by atoms with E-state index in [9.17, 15) is 4.79 Å². The lowest BCUT2D eigenvalue weighted by Gasteiger charge is -2.18. The van der Waals surface area contributed by atoms with Gasteiger partial charge in [-0.3, -0.25) is 14.5 Å². The van der Waals surface area contributed by atoms with Gasteiger partial charge in [-0.05, 0) is 42.8 Å². The molecule has 7 heteroatoms. The van der Waals surface area contributed by atoms with Crippen molar-refractivity contribution in [1.29, 1.82) is 0 Å². The third-order valence-corrected chi connectivity index (χ3v) is 4.38. The number of dihydropyridines is 1. The van der Waals surface area contributed by atoms with Crippen LogP contribution in [0.25, 0.3) is 11.3 Å². The molecule has 1 N–H and O–H groups in total. The van der Waals surface area contributed by atoms with Gasteiger partial charge in [-0.15, -0.1) is 0 Å². The molecule has 1 amide bonds. The quantitative estimate of drug-likeness (QED) is 0.893. The number of methoxy groups -OCH3 is 2. The summed E-state index contributed by atoms with van der Waals surface area (Å²) in [6.45, 7) is 2.51. The van der Waals surface area contributed by atoms with Crippen molar-refractivity contribution in [3.8, 4) is 22.8 Å². The number of aryl methyl sites for hydroxylation is 1. The van der Waals surface area contributed by atoms with Crippen LogP contribution in [0.2, 0.25) is 0 Å². The molecule has 0 saturated carbocycles. The Bertz CT molecular complexity index is 883. The summed E-state index contributed by atoms with van der Waals surface area (Å²) in [4.78, 5) is 16.8. The van der Waals surface area contributed by atoms with Crippen LogP contribution in [-0.4, -0.2) is 48.7 Å². The van der Waals surface area contributed by atoms with Gasteiger partial charge in [-0.1, -0.05) is 0 Å². The van der Waals surface area contributed by atoms with Gasteiger partial charge in [0.15, 0.2) is 5.69 Å². The molecule has 7 nitrogen and oxygen atoms in total. The number of rotatable bonds is 5. The number of hydrogen-bond donors (Lipinski definition) is 1. The molecule has 1 aliphatic heterocycles. The molecule has 1 aromatic heterocycles. The van der Waals surface area contributed by atoms with Crippen molar-refractivity contribution in [3.63, 3.8) is 0 Å². The Morgan fingerprint density at radius 2 is 2.08 bits per heavy atom. The minimum atomic E-state index is -0.233. The number of carbonyl (C=O) groups excluding carboxylic acids is 1. The predicted molar refractivity (Wildman–Crippen MR) is 100 cm³/mol. The van der Waals surface area contributed by atoms with Crippen molar-refractivity contribution in [3.05, 3.63) is 41.6 Å². The fourth-order valence-corrected chi connectivity index (χ4v) is 2.83. The molecular formula is C19H22N4O3. The summed E-state index contributed by atoms with van der Waals surface area (Å²) in [5.41, 5.74) is 2.98. The van der Waals surface area contributed by atoms with E-state index >= 15 is 0 Å². The maximum absolute atomic E-state index is 12.6. The first-order chi connectivity index (χ1) is 12.5. The number of carbonyl (C=O) groups is 1. The molecule has 1 aromatic carbocycles. The lowest BCUT2D eigenvalue weighted by atomic mass is 10.1. The second kappa shape index (κ2) is 7.43. The second-order valence-electron chi connectivity index (χ2n) is 6.06. The number of allylic oxidation sites excluding steroid dienone is 1. The Hall–Kier alpha value is -3.09. The summed E-state index contributed by atoms with van der Waals surface area (Å²) in [5, 5.41) is 7.33. The van der Waals surface area contributed by atoms with Crippen LogP contribution < -0.4 is 14.8 Å². The maximum Gasteiger partial charge on any atom is 0.272 e. The summed E-state index contributed by atoms with van der Waals surface area (Å²) in [5.74, 6) is 1.15. The first-order valence-corrected chi connectivity index (χ1v) is 8.27. The summed E-state index contributed by atoms with van der Waals surface area (Å²) >= 11 is 0. The average molecular weight is 354 g/mol. The van der Waals surface area contributed by atoms with Crippen molar-refractivity contribution in [2.24, 2.45) is 12.0 Å². The molecule has 0 bridgehead atoms. The van der Waals surface area contributed by atoms with Gasteiger partial charge in [0.1, 0.15) is 11.5 Å². The third kappa shape index (κ3) is 3.46. The first kappa shape index (κ1) is 17.7. The second-order valence-corrected chi connectivity index (χ2v) is 6.06. The van der Waals surface area contributed by atoms with E-state index in [1.165, 1.54) is 0 Å². The van der Waals surface area contributed by atoms with E-state index in [0.717, 1.165) is 16.8 Å². The maximum atomic E-state index is 12.6. The van der Waals surface area contributed by atoms with E-state index in [1.807, 2.05) is 31.2 Å². The number of ether oxygens (including phenoxy) is 2. The fraction of sp³-hybridized carbons (Fsp3) is 0.316. The molecule has 2 aromatic rings. The fourth-order valence-electron chi connectivity index (χ4n) is 2.83. The zero-order valence-electron chi connectivity index (χ0n) is 15.3. The molecule has 0 fully saturated rings. The number of nitrogens with zero attached hydrogens (tertiary/aromatic N) is 3. The Morgan fingerprint density at radius 1 is 1.27 bits per heavy atom. The van der Waals surface area contributed by atoms with Crippen LogP contribution in [0.4, 0.5) is 0 Å². The molecule has 2 heterocycles. The van der Waals surface area contributed by atoms with Crippen LogP contribution >= 0.6 is 0 Å². The highest BCUT2D eigenvalue weighted by Gasteiger charge is 2.21. The Morgan fingerprint density at radius 3 is 2.77 bits per heavy atom. The van der Waals surface area contributed by atoms with E-state index in [2.05, 4.69) is 15.4 Å². The number of aromatic nitrogens is 2. The van der Waals surface area contributed by atoms with Crippen LogP contribution in [0.5, 0.6) is 11.5 Å². The van der Waals surface area contributed by atoms with Gasteiger partial charge in [0.25, 0.3) is 5.91 Å². The summed E-state index contributed by atoms with van der Waals surface area (Å²) in [7, 11) is 5.01. The molecule has 0 aliphatic carbocycles. The molecule has 0 spiro atoms. The molecule has 1 unspecified atom stereocenters. The molecule has 0 radical (unpaired) electrons. The van der Waals surface area contributed by atoms with E-state index in [4.69, 9.17) is 9.47 Å². The molecule has 136 valence electrons. The third-order valence-electron chi connectivity index (χ3n) is 4.38. The topological polar surface area (TPSA) is 77.7 Å². The van der Waals surface area contributed by atoms with Crippen molar-refractivity contribution in [2.45, 2.75) is 13.0 Å². The van der Waals surface area contributed by atoms with Gasteiger partial charge in [0.05, 0.1) is 32.5 Å². The van der Waals surface area contributed by atoms with E-state index in [-0.39, 0.29) is 11.9 Å². The van der Waals surface area contributed by atoms with Gasteiger partial charge < -0.3 is 14.8 Å².